The number of aromatic hydroxyl groups is 1. The lowest BCUT2D eigenvalue weighted by atomic mass is 9.98. The maximum absolute atomic E-state index is 12.7. The Morgan fingerprint density at radius 3 is 2.65 bits per heavy atom. The van der Waals surface area contributed by atoms with Gasteiger partial charge in [-0.15, -0.1) is 11.3 Å². The van der Waals surface area contributed by atoms with Crippen LogP contribution in [0.4, 0.5) is 0 Å². The first-order valence-electron chi connectivity index (χ1n) is 6.84. The molecular weight excluding hydrogens is 270 g/mol. The predicted octanol–water partition coefficient (Wildman–Crippen LogP) is 3.67. The normalized spacial score (nSPS) is 14.8. The number of likely N-dealkylation sites (tertiary alicyclic amines) is 1. The van der Waals surface area contributed by atoms with Gasteiger partial charge in [-0.3, -0.25) is 4.79 Å². The van der Waals surface area contributed by atoms with Crippen LogP contribution in [0.2, 0.25) is 0 Å². The number of thiophene rings is 1. The van der Waals surface area contributed by atoms with Gasteiger partial charge >= 0.3 is 0 Å². The maximum Gasteiger partial charge on any atom is 0.254 e. The van der Waals surface area contributed by atoms with Gasteiger partial charge in [-0.25, -0.2) is 0 Å². The second kappa shape index (κ2) is 5.29. The molecule has 0 unspecified atom stereocenters. The molecule has 1 amide bonds. The summed E-state index contributed by atoms with van der Waals surface area (Å²) < 4.78 is 0. The maximum atomic E-state index is 12.7. The molecular formula is C16H17NO2S. The van der Waals surface area contributed by atoms with Crippen LogP contribution >= 0.6 is 11.3 Å². The van der Waals surface area contributed by atoms with Crippen LogP contribution in [0.15, 0.2) is 29.6 Å². The van der Waals surface area contributed by atoms with Crippen LogP contribution in [-0.4, -0.2) is 29.0 Å². The number of carbonyl (C=O) groups excluding carboxylic acids is 1. The van der Waals surface area contributed by atoms with E-state index in [9.17, 15) is 9.90 Å². The fourth-order valence-corrected chi connectivity index (χ4v) is 3.55. The zero-order valence-electron chi connectivity index (χ0n) is 11.4. The molecule has 0 bridgehead atoms. The molecule has 1 aromatic carbocycles. The topological polar surface area (TPSA) is 40.5 Å². The van der Waals surface area contributed by atoms with E-state index in [2.05, 4.69) is 0 Å². The van der Waals surface area contributed by atoms with Crippen LogP contribution in [-0.2, 0) is 0 Å². The molecule has 0 radical (unpaired) electrons. The predicted molar refractivity (Wildman–Crippen MR) is 81.3 cm³/mol. The lowest BCUT2D eigenvalue weighted by Gasteiger charge is -2.19. The Labute approximate surface area is 122 Å². The Morgan fingerprint density at radius 2 is 2.00 bits per heavy atom. The van der Waals surface area contributed by atoms with Crippen molar-refractivity contribution in [3.05, 3.63) is 40.8 Å². The molecule has 104 valence electrons. The van der Waals surface area contributed by atoms with Gasteiger partial charge in [-0.1, -0.05) is 6.07 Å². The number of amides is 1. The summed E-state index contributed by atoms with van der Waals surface area (Å²) >= 11 is 1.59. The van der Waals surface area contributed by atoms with E-state index in [1.165, 1.54) is 0 Å². The van der Waals surface area contributed by atoms with Gasteiger partial charge < -0.3 is 10.0 Å². The third-order valence-electron chi connectivity index (χ3n) is 3.83. The highest BCUT2D eigenvalue weighted by atomic mass is 32.1. The highest BCUT2D eigenvalue weighted by Gasteiger charge is 2.24. The summed E-state index contributed by atoms with van der Waals surface area (Å²) in [5.41, 5.74) is 2.35. The van der Waals surface area contributed by atoms with Crippen molar-refractivity contribution in [2.45, 2.75) is 19.8 Å². The third-order valence-corrected chi connectivity index (χ3v) is 4.72. The molecule has 2 aromatic rings. The Hall–Kier alpha value is -1.81. The van der Waals surface area contributed by atoms with Crippen molar-refractivity contribution in [3.8, 4) is 16.2 Å². The van der Waals surface area contributed by atoms with Crippen molar-refractivity contribution >= 4 is 17.2 Å². The number of rotatable bonds is 2. The van der Waals surface area contributed by atoms with E-state index in [-0.39, 0.29) is 11.7 Å². The molecule has 1 N–H and O–H groups in total. The van der Waals surface area contributed by atoms with Crippen LogP contribution in [0.1, 0.15) is 28.8 Å². The second-order valence-corrected chi connectivity index (χ2v) is 6.06. The minimum Gasteiger partial charge on any atom is -0.508 e. The number of hydrogen-bond donors (Lipinski definition) is 1. The van der Waals surface area contributed by atoms with E-state index in [0.717, 1.165) is 41.9 Å². The Bertz CT molecular complexity index is 628. The van der Waals surface area contributed by atoms with Crippen LogP contribution in [0.5, 0.6) is 5.75 Å². The standard InChI is InChI=1S/C16H17NO2S/c1-11-13(18)7-6-12(15(11)14-5-4-10-20-14)16(19)17-8-2-3-9-17/h4-7,10,18H,2-3,8-9H2,1H3. The zero-order chi connectivity index (χ0) is 14.1. The molecule has 4 heteroatoms. The molecule has 1 fully saturated rings. The molecule has 0 aliphatic carbocycles. The highest BCUT2D eigenvalue weighted by Crippen LogP contribution is 2.36. The van der Waals surface area contributed by atoms with Gasteiger partial charge in [0.1, 0.15) is 5.75 Å². The Morgan fingerprint density at radius 1 is 1.25 bits per heavy atom. The minimum absolute atomic E-state index is 0.0778. The van der Waals surface area contributed by atoms with Crippen molar-refractivity contribution in [3.63, 3.8) is 0 Å². The summed E-state index contributed by atoms with van der Waals surface area (Å²) in [7, 11) is 0. The van der Waals surface area contributed by atoms with Crippen molar-refractivity contribution < 1.29 is 9.90 Å². The second-order valence-electron chi connectivity index (χ2n) is 5.11. The van der Waals surface area contributed by atoms with E-state index in [1.807, 2.05) is 29.3 Å². The summed E-state index contributed by atoms with van der Waals surface area (Å²) in [6, 6.07) is 7.33. The van der Waals surface area contributed by atoms with Crippen molar-refractivity contribution in [2.24, 2.45) is 0 Å². The lowest BCUT2D eigenvalue weighted by molar-refractivity contribution is 0.0793. The van der Waals surface area contributed by atoms with Gasteiger partial charge in [-0.05, 0) is 43.3 Å². The molecule has 1 saturated heterocycles. The average Bonchev–Trinajstić information content (AvgIpc) is 3.13. The van der Waals surface area contributed by atoms with Gasteiger partial charge in [0, 0.05) is 34.7 Å². The van der Waals surface area contributed by atoms with E-state index < -0.39 is 0 Å². The number of phenols is 1. The number of carbonyl (C=O) groups is 1. The fraction of sp³-hybridized carbons (Fsp3) is 0.312. The average molecular weight is 287 g/mol. The molecule has 2 heterocycles. The number of phenolic OH excluding ortho intramolecular Hbond substituents is 1. The quantitative estimate of drug-likeness (QED) is 0.915. The highest BCUT2D eigenvalue weighted by molar-refractivity contribution is 7.13. The summed E-state index contributed by atoms with van der Waals surface area (Å²) in [4.78, 5) is 15.6. The van der Waals surface area contributed by atoms with Crippen molar-refractivity contribution in [1.82, 2.24) is 4.90 Å². The first kappa shape index (κ1) is 13.2. The third kappa shape index (κ3) is 2.20. The van der Waals surface area contributed by atoms with E-state index in [4.69, 9.17) is 0 Å². The monoisotopic (exact) mass is 287 g/mol. The van der Waals surface area contributed by atoms with Crippen LogP contribution in [0.25, 0.3) is 10.4 Å². The van der Waals surface area contributed by atoms with E-state index in [1.54, 1.807) is 23.5 Å². The number of nitrogens with zero attached hydrogens (tertiary/aromatic N) is 1. The van der Waals surface area contributed by atoms with Crippen LogP contribution in [0, 0.1) is 6.92 Å². The summed E-state index contributed by atoms with van der Waals surface area (Å²) in [5, 5.41) is 11.9. The molecule has 3 rings (SSSR count). The van der Waals surface area contributed by atoms with Crippen LogP contribution in [0.3, 0.4) is 0 Å². The zero-order valence-corrected chi connectivity index (χ0v) is 12.2. The molecule has 1 aliphatic heterocycles. The smallest absolute Gasteiger partial charge is 0.254 e. The summed E-state index contributed by atoms with van der Waals surface area (Å²) in [6.45, 7) is 3.54. The van der Waals surface area contributed by atoms with Gasteiger partial charge in [0.2, 0.25) is 0 Å². The van der Waals surface area contributed by atoms with Crippen molar-refractivity contribution in [2.75, 3.05) is 13.1 Å². The van der Waals surface area contributed by atoms with Gasteiger partial charge in [0.25, 0.3) is 5.91 Å². The summed E-state index contributed by atoms with van der Waals surface area (Å²) in [6.07, 6.45) is 2.16. The molecule has 0 spiro atoms. The van der Waals surface area contributed by atoms with Crippen molar-refractivity contribution in [1.29, 1.82) is 0 Å². The Balaban J connectivity index is 2.11. The molecule has 0 saturated carbocycles. The largest absolute Gasteiger partial charge is 0.508 e. The first-order valence-corrected chi connectivity index (χ1v) is 7.72. The first-order chi connectivity index (χ1) is 9.68. The van der Waals surface area contributed by atoms with E-state index >= 15 is 0 Å². The molecule has 20 heavy (non-hydrogen) atoms. The SMILES string of the molecule is Cc1c(O)ccc(C(=O)N2CCCC2)c1-c1cccs1. The molecule has 3 nitrogen and oxygen atoms in total. The van der Waals surface area contributed by atoms with E-state index in [0.29, 0.717) is 5.56 Å². The minimum atomic E-state index is 0.0778. The van der Waals surface area contributed by atoms with Crippen LogP contribution < -0.4 is 0 Å². The fourth-order valence-electron chi connectivity index (χ4n) is 2.71. The number of benzene rings is 1. The molecule has 1 aliphatic rings. The van der Waals surface area contributed by atoms with Gasteiger partial charge in [0.15, 0.2) is 0 Å². The lowest BCUT2D eigenvalue weighted by Crippen LogP contribution is -2.28. The number of hydrogen-bond acceptors (Lipinski definition) is 3. The molecule has 1 aromatic heterocycles. The Kier molecular flexibility index (Phi) is 3.49. The molecule has 0 atom stereocenters. The summed E-state index contributed by atoms with van der Waals surface area (Å²) in [5.74, 6) is 0.320. The van der Waals surface area contributed by atoms with Gasteiger partial charge in [0.05, 0.1) is 0 Å². The van der Waals surface area contributed by atoms with Gasteiger partial charge in [-0.2, -0.15) is 0 Å².